The molecule has 1 saturated carbocycles. The number of fused-ring (bicyclic) bond motifs is 2. The molecule has 0 unspecified atom stereocenters. The van der Waals surface area contributed by atoms with Crippen molar-refractivity contribution in [1.82, 2.24) is 24.9 Å². The summed E-state index contributed by atoms with van der Waals surface area (Å²) in [7, 11) is 1.78. The zero-order chi connectivity index (χ0) is 33.7. The van der Waals surface area contributed by atoms with Crippen LogP contribution in [0.2, 0.25) is 0 Å². The fraction of sp³-hybridized carbons (Fsp3) is 0.457. The normalized spacial score (nSPS) is 24.0. The lowest BCUT2D eigenvalue weighted by molar-refractivity contribution is -0.161. The first kappa shape index (κ1) is 32.3. The van der Waals surface area contributed by atoms with E-state index in [-0.39, 0.29) is 30.9 Å². The van der Waals surface area contributed by atoms with E-state index in [9.17, 15) is 23.6 Å². The summed E-state index contributed by atoms with van der Waals surface area (Å²) in [5, 5.41) is 6.88. The van der Waals surface area contributed by atoms with Gasteiger partial charge in [0, 0.05) is 37.8 Å². The Labute approximate surface area is 272 Å². The highest BCUT2D eigenvalue weighted by Gasteiger charge is 2.58. The summed E-state index contributed by atoms with van der Waals surface area (Å²) in [4.78, 5) is 56.4. The molecule has 0 radical (unpaired) electrons. The van der Waals surface area contributed by atoms with Crippen molar-refractivity contribution in [2.45, 2.75) is 82.8 Å². The molecule has 47 heavy (non-hydrogen) atoms. The molecule has 1 aromatic heterocycles. The second-order valence-electron chi connectivity index (χ2n) is 13.8. The Morgan fingerprint density at radius 2 is 1.77 bits per heavy atom. The van der Waals surface area contributed by atoms with Crippen molar-refractivity contribution < 1.29 is 32.7 Å². The van der Waals surface area contributed by atoms with Crippen LogP contribution in [0.3, 0.4) is 0 Å². The molecule has 2 fully saturated rings. The third kappa shape index (κ3) is 6.37. The second-order valence-corrected chi connectivity index (χ2v) is 13.8. The van der Waals surface area contributed by atoms with Gasteiger partial charge in [-0.15, -0.1) is 0 Å². The van der Waals surface area contributed by atoms with Gasteiger partial charge in [0.1, 0.15) is 29.7 Å². The summed E-state index contributed by atoms with van der Waals surface area (Å²) in [5.74, 6) is -2.13. The van der Waals surface area contributed by atoms with Gasteiger partial charge in [0.25, 0.3) is 5.91 Å². The van der Waals surface area contributed by atoms with E-state index in [1.807, 2.05) is 20.8 Å². The SMILES string of the molecule is Cn1cc(-c2ccc3c(c2)[C@H](F)C[C@]32NC(=O)N(CC(=O)N(Cc3ccc(F)cc3)C3CCC(C(=O)OC(C)(C)C)CC3)C2=O)cn1. The largest absolute Gasteiger partial charge is 0.460 e. The van der Waals surface area contributed by atoms with Gasteiger partial charge in [-0.1, -0.05) is 24.3 Å². The molecule has 12 heteroatoms. The molecule has 2 aromatic carbocycles. The first-order chi connectivity index (χ1) is 22.2. The molecule has 3 aliphatic rings. The lowest BCUT2D eigenvalue weighted by atomic mass is 9.85. The van der Waals surface area contributed by atoms with Gasteiger partial charge in [-0.25, -0.2) is 13.6 Å². The topological polar surface area (TPSA) is 114 Å². The van der Waals surface area contributed by atoms with Crippen molar-refractivity contribution in [3.05, 3.63) is 77.4 Å². The van der Waals surface area contributed by atoms with Crippen LogP contribution in [-0.4, -0.2) is 61.6 Å². The summed E-state index contributed by atoms with van der Waals surface area (Å²) in [6.45, 7) is 5.03. The third-order valence-electron chi connectivity index (χ3n) is 9.31. The van der Waals surface area contributed by atoms with Gasteiger partial charge in [-0.05, 0) is 86.9 Å². The molecule has 1 aliphatic heterocycles. The number of aryl methyl sites for hydroxylation is 1. The Balaban J connectivity index is 1.21. The van der Waals surface area contributed by atoms with Crippen molar-refractivity contribution in [1.29, 1.82) is 0 Å². The maximum Gasteiger partial charge on any atom is 0.325 e. The number of nitrogens with one attached hydrogen (secondary N) is 1. The standard InChI is InChI=1S/C35H39F2N5O5/c1-34(2,3)47-31(44)22-7-12-26(13-8-22)41(18-21-5-10-25(36)11-6-21)30(43)20-42-32(45)35(39-33(42)46)16-29(37)27-15-23(9-14-28(27)35)24-17-38-40(4)19-24/h5-6,9-11,14-15,17,19,22,26,29H,7-8,12-13,16,18,20H2,1-4H3,(H,39,46)/t22?,26?,29-,35+/m1/s1. The lowest BCUT2D eigenvalue weighted by Crippen LogP contribution is -2.49. The summed E-state index contributed by atoms with van der Waals surface area (Å²) in [6, 6.07) is 9.84. The molecule has 6 rings (SSSR count). The highest BCUT2D eigenvalue weighted by atomic mass is 19.1. The third-order valence-corrected chi connectivity index (χ3v) is 9.31. The van der Waals surface area contributed by atoms with Gasteiger partial charge in [0.15, 0.2) is 0 Å². The number of imide groups is 1. The average Bonchev–Trinajstić information content (AvgIpc) is 3.65. The van der Waals surface area contributed by atoms with Crippen LogP contribution in [0, 0.1) is 11.7 Å². The number of halogens is 2. The highest BCUT2D eigenvalue weighted by molar-refractivity contribution is 6.10. The van der Waals surface area contributed by atoms with Crippen molar-refractivity contribution in [2.75, 3.05) is 6.54 Å². The van der Waals surface area contributed by atoms with Gasteiger partial charge in [-0.3, -0.25) is 24.0 Å². The monoisotopic (exact) mass is 647 g/mol. The fourth-order valence-electron chi connectivity index (χ4n) is 6.98. The molecule has 1 N–H and O–H groups in total. The number of rotatable bonds is 7. The molecule has 1 spiro atoms. The van der Waals surface area contributed by atoms with E-state index in [0.717, 1.165) is 16.0 Å². The van der Waals surface area contributed by atoms with E-state index in [1.54, 1.807) is 59.4 Å². The molecule has 3 aromatic rings. The number of ether oxygens (including phenoxy) is 1. The van der Waals surface area contributed by atoms with Crippen LogP contribution in [0.5, 0.6) is 0 Å². The predicted octanol–water partition coefficient (Wildman–Crippen LogP) is 5.32. The minimum absolute atomic E-state index is 0.127. The smallest absolute Gasteiger partial charge is 0.325 e. The first-order valence-electron chi connectivity index (χ1n) is 15.9. The van der Waals surface area contributed by atoms with Crippen molar-refractivity contribution in [3.8, 4) is 11.1 Å². The van der Waals surface area contributed by atoms with E-state index >= 15 is 4.39 Å². The predicted molar refractivity (Wildman–Crippen MR) is 168 cm³/mol. The number of amides is 4. The molecule has 248 valence electrons. The minimum Gasteiger partial charge on any atom is -0.460 e. The quantitative estimate of drug-likeness (QED) is 0.275. The van der Waals surface area contributed by atoms with Gasteiger partial charge in [0.05, 0.1) is 12.1 Å². The summed E-state index contributed by atoms with van der Waals surface area (Å²) in [6.07, 6.45) is 3.73. The Bertz CT molecular complexity index is 1710. The number of carbonyl (C=O) groups is 4. The van der Waals surface area contributed by atoms with Crippen molar-refractivity contribution >= 4 is 23.8 Å². The van der Waals surface area contributed by atoms with Gasteiger partial charge in [0.2, 0.25) is 5.91 Å². The minimum atomic E-state index is -1.62. The summed E-state index contributed by atoms with van der Waals surface area (Å²) >= 11 is 0. The van der Waals surface area contributed by atoms with E-state index in [0.29, 0.717) is 42.4 Å². The molecule has 1 saturated heterocycles. The number of esters is 1. The number of benzene rings is 2. The van der Waals surface area contributed by atoms with Crippen LogP contribution in [0.4, 0.5) is 13.6 Å². The summed E-state index contributed by atoms with van der Waals surface area (Å²) in [5.41, 5.74) is 0.659. The molecule has 2 aliphatic carbocycles. The molecular weight excluding hydrogens is 608 g/mol. The number of aromatic nitrogens is 2. The van der Waals surface area contributed by atoms with E-state index in [1.165, 1.54) is 12.1 Å². The van der Waals surface area contributed by atoms with Crippen LogP contribution >= 0.6 is 0 Å². The Hall–Kier alpha value is -4.61. The average molecular weight is 648 g/mol. The van der Waals surface area contributed by atoms with Crippen LogP contribution < -0.4 is 5.32 Å². The number of nitrogens with zero attached hydrogens (tertiary/aromatic N) is 4. The molecule has 2 atom stereocenters. The van der Waals surface area contributed by atoms with E-state index in [2.05, 4.69) is 10.4 Å². The number of carbonyl (C=O) groups excluding carboxylic acids is 4. The summed E-state index contributed by atoms with van der Waals surface area (Å²) < 4.78 is 36.4. The number of hydrogen-bond acceptors (Lipinski definition) is 6. The number of urea groups is 1. The van der Waals surface area contributed by atoms with Crippen LogP contribution in [-0.2, 0) is 38.3 Å². The molecule has 10 nitrogen and oxygen atoms in total. The Morgan fingerprint density at radius 3 is 2.40 bits per heavy atom. The molecule has 0 bridgehead atoms. The van der Waals surface area contributed by atoms with Crippen LogP contribution in [0.1, 0.15) is 75.7 Å². The van der Waals surface area contributed by atoms with Crippen molar-refractivity contribution in [2.24, 2.45) is 13.0 Å². The van der Waals surface area contributed by atoms with Crippen LogP contribution in [0.15, 0.2) is 54.9 Å². The maximum atomic E-state index is 15.5. The number of alkyl halides is 1. The fourth-order valence-corrected chi connectivity index (χ4v) is 6.98. The highest BCUT2D eigenvalue weighted by Crippen LogP contribution is 2.49. The number of hydrogen-bond donors (Lipinski definition) is 1. The van der Waals surface area contributed by atoms with E-state index in [4.69, 9.17) is 4.74 Å². The zero-order valence-electron chi connectivity index (χ0n) is 27.0. The lowest BCUT2D eigenvalue weighted by Gasteiger charge is -2.37. The van der Waals surface area contributed by atoms with Crippen molar-refractivity contribution in [3.63, 3.8) is 0 Å². The Morgan fingerprint density at radius 1 is 1.06 bits per heavy atom. The van der Waals surface area contributed by atoms with Gasteiger partial charge >= 0.3 is 12.0 Å². The first-order valence-corrected chi connectivity index (χ1v) is 15.9. The maximum absolute atomic E-state index is 15.5. The zero-order valence-corrected chi connectivity index (χ0v) is 27.0. The molecule has 2 heterocycles. The molecule has 4 amide bonds. The van der Waals surface area contributed by atoms with Gasteiger partial charge in [-0.2, -0.15) is 5.10 Å². The van der Waals surface area contributed by atoms with Crippen LogP contribution in [0.25, 0.3) is 11.1 Å². The van der Waals surface area contributed by atoms with E-state index < -0.39 is 47.5 Å². The van der Waals surface area contributed by atoms with Gasteiger partial charge < -0.3 is 15.0 Å². The second kappa shape index (κ2) is 12.2. The molecular formula is C35H39F2N5O5. The Kier molecular flexibility index (Phi) is 8.39.